The van der Waals surface area contributed by atoms with Crippen LogP contribution >= 0.6 is 0 Å². The number of piperazine rings is 1. The molecule has 1 aromatic carbocycles. The van der Waals surface area contributed by atoms with Crippen molar-refractivity contribution < 1.29 is 5.11 Å². The van der Waals surface area contributed by atoms with Crippen molar-refractivity contribution >= 4 is 10.9 Å². The third kappa shape index (κ3) is 3.07. The Morgan fingerprint density at radius 1 is 1.24 bits per heavy atom. The highest BCUT2D eigenvalue weighted by Crippen LogP contribution is 2.27. The predicted octanol–water partition coefficient (Wildman–Crippen LogP) is 1.90. The van der Waals surface area contributed by atoms with Crippen LogP contribution in [0.3, 0.4) is 0 Å². The van der Waals surface area contributed by atoms with Gasteiger partial charge in [0.1, 0.15) is 0 Å². The molecule has 1 fully saturated rings. The van der Waals surface area contributed by atoms with Crippen molar-refractivity contribution in [3.05, 3.63) is 42.1 Å². The fourth-order valence-corrected chi connectivity index (χ4v) is 3.16. The number of hydrogen-bond acceptors (Lipinski definition) is 4. The van der Waals surface area contributed by atoms with E-state index in [1.165, 1.54) is 0 Å². The summed E-state index contributed by atoms with van der Waals surface area (Å²) in [7, 11) is 4.29. The smallest absolute Gasteiger partial charge is 0.0812 e. The van der Waals surface area contributed by atoms with Gasteiger partial charge in [0.2, 0.25) is 0 Å². The van der Waals surface area contributed by atoms with Gasteiger partial charge in [0.25, 0.3) is 0 Å². The van der Waals surface area contributed by atoms with Crippen LogP contribution in [0.2, 0.25) is 0 Å². The largest absolute Gasteiger partial charge is 0.388 e. The number of likely N-dealkylation sites (N-methyl/N-ethyl adjacent to an activating group) is 2. The first-order valence-electron chi connectivity index (χ1n) is 7.55. The lowest BCUT2D eigenvalue weighted by molar-refractivity contribution is 0.0640. The Morgan fingerprint density at radius 2 is 2.10 bits per heavy atom. The van der Waals surface area contributed by atoms with Crippen molar-refractivity contribution in [1.82, 2.24) is 14.8 Å². The standard InChI is InChI=1S/C17H23N3O/c1-19-9-10-20(2)13(12-19)11-17(21)15-5-3-7-16-14(15)6-4-8-18-16/h3-8,13,17,21H,9-12H2,1-2H3. The van der Waals surface area contributed by atoms with E-state index in [1.54, 1.807) is 6.20 Å². The molecule has 1 aliphatic rings. The maximum atomic E-state index is 10.7. The van der Waals surface area contributed by atoms with Gasteiger partial charge in [-0.05, 0) is 38.2 Å². The quantitative estimate of drug-likeness (QED) is 0.935. The predicted molar refractivity (Wildman–Crippen MR) is 85.2 cm³/mol. The number of aliphatic hydroxyl groups is 1. The first-order chi connectivity index (χ1) is 10.1. The Kier molecular flexibility index (Phi) is 4.19. The van der Waals surface area contributed by atoms with E-state index in [0.29, 0.717) is 6.04 Å². The molecule has 0 aliphatic carbocycles. The molecule has 1 aromatic heterocycles. The number of pyridine rings is 1. The summed E-state index contributed by atoms with van der Waals surface area (Å²) in [6.07, 6.45) is 2.11. The van der Waals surface area contributed by atoms with Crippen LogP contribution in [0.5, 0.6) is 0 Å². The van der Waals surface area contributed by atoms with E-state index in [1.807, 2.05) is 30.3 Å². The molecule has 4 nitrogen and oxygen atoms in total. The molecule has 2 aromatic rings. The summed E-state index contributed by atoms with van der Waals surface area (Å²) in [5.41, 5.74) is 1.94. The minimum absolute atomic E-state index is 0.394. The van der Waals surface area contributed by atoms with E-state index in [-0.39, 0.29) is 0 Å². The van der Waals surface area contributed by atoms with E-state index in [9.17, 15) is 5.11 Å². The van der Waals surface area contributed by atoms with E-state index < -0.39 is 6.10 Å². The second kappa shape index (κ2) is 6.10. The molecule has 1 saturated heterocycles. The Balaban J connectivity index is 1.82. The van der Waals surface area contributed by atoms with Gasteiger partial charge < -0.3 is 14.9 Å². The maximum absolute atomic E-state index is 10.7. The highest BCUT2D eigenvalue weighted by molar-refractivity contribution is 5.82. The molecular formula is C17H23N3O. The van der Waals surface area contributed by atoms with Crippen LogP contribution in [-0.4, -0.2) is 59.7 Å². The summed E-state index contributed by atoms with van der Waals surface area (Å²) in [6, 6.07) is 10.3. The monoisotopic (exact) mass is 285 g/mol. The fourth-order valence-electron chi connectivity index (χ4n) is 3.16. The van der Waals surface area contributed by atoms with Crippen LogP contribution in [0.1, 0.15) is 18.1 Å². The zero-order chi connectivity index (χ0) is 14.8. The summed E-state index contributed by atoms with van der Waals surface area (Å²) in [6.45, 7) is 3.17. The maximum Gasteiger partial charge on any atom is 0.0812 e. The molecule has 2 unspecified atom stereocenters. The summed E-state index contributed by atoms with van der Waals surface area (Å²) >= 11 is 0. The average Bonchev–Trinajstić information content (AvgIpc) is 2.50. The van der Waals surface area contributed by atoms with E-state index in [4.69, 9.17) is 0 Å². The molecule has 4 heteroatoms. The second-order valence-electron chi connectivity index (χ2n) is 6.07. The van der Waals surface area contributed by atoms with E-state index >= 15 is 0 Å². The SMILES string of the molecule is CN1CCN(C)C(CC(O)c2cccc3ncccc23)C1. The molecule has 21 heavy (non-hydrogen) atoms. The molecule has 3 rings (SSSR count). The van der Waals surface area contributed by atoms with Gasteiger partial charge in [-0.25, -0.2) is 0 Å². The number of nitrogens with zero attached hydrogens (tertiary/aromatic N) is 3. The van der Waals surface area contributed by atoms with Gasteiger partial charge in [0.05, 0.1) is 11.6 Å². The molecule has 0 spiro atoms. The van der Waals surface area contributed by atoms with Crippen LogP contribution < -0.4 is 0 Å². The molecule has 1 aliphatic heterocycles. The van der Waals surface area contributed by atoms with Crippen LogP contribution in [0.25, 0.3) is 10.9 Å². The molecule has 2 heterocycles. The van der Waals surface area contributed by atoms with Gasteiger partial charge in [-0.3, -0.25) is 4.98 Å². The second-order valence-corrected chi connectivity index (χ2v) is 6.07. The number of aliphatic hydroxyl groups excluding tert-OH is 1. The van der Waals surface area contributed by atoms with Gasteiger partial charge in [-0.2, -0.15) is 0 Å². The van der Waals surface area contributed by atoms with Crippen molar-refractivity contribution in [2.45, 2.75) is 18.6 Å². The minimum Gasteiger partial charge on any atom is -0.388 e. The minimum atomic E-state index is -0.447. The van der Waals surface area contributed by atoms with Gasteiger partial charge >= 0.3 is 0 Å². The summed E-state index contributed by atoms with van der Waals surface area (Å²) in [4.78, 5) is 9.06. The number of rotatable bonds is 3. The highest BCUT2D eigenvalue weighted by Gasteiger charge is 2.25. The van der Waals surface area contributed by atoms with Gasteiger partial charge in [0, 0.05) is 37.3 Å². The topological polar surface area (TPSA) is 39.6 Å². The van der Waals surface area contributed by atoms with Gasteiger partial charge in [0.15, 0.2) is 0 Å². The van der Waals surface area contributed by atoms with Gasteiger partial charge in [-0.1, -0.05) is 18.2 Å². The molecule has 0 bridgehead atoms. The Hall–Kier alpha value is -1.49. The zero-order valence-electron chi connectivity index (χ0n) is 12.7. The Labute approximate surface area is 126 Å². The fraction of sp³-hybridized carbons (Fsp3) is 0.471. The van der Waals surface area contributed by atoms with Crippen LogP contribution in [0.15, 0.2) is 36.5 Å². The third-order valence-corrected chi connectivity index (χ3v) is 4.51. The number of fused-ring (bicyclic) bond motifs is 1. The third-order valence-electron chi connectivity index (χ3n) is 4.51. The summed E-state index contributed by atoms with van der Waals surface area (Å²) in [5, 5.41) is 11.8. The Bertz CT molecular complexity index is 611. The average molecular weight is 285 g/mol. The lowest BCUT2D eigenvalue weighted by Gasteiger charge is -2.38. The molecule has 0 radical (unpaired) electrons. The summed E-state index contributed by atoms with van der Waals surface area (Å²) in [5.74, 6) is 0. The zero-order valence-corrected chi connectivity index (χ0v) is 12.7. The summed E-state index contributed by atoms with van der Waals surface area (Å²) < 4.78 is 0. The van der Waals surface area contributed by atoms with Crippen molar-refractivity contribution in [3.8, 4) is 0 Å². The van der Waals surface area contributed by atoms with Gasteiger partial charge in [-0.15, -0.1) is 0 Å². The van der Waals surface area contributed by atoms with E-state index in [2.05, 4.69) is 28.9 Å². The number of aromatic nitrogens is 1. The van der Waals surface area contributed by atoms with Crippen LogP contribution in [0, 0.1) is 0 Å². The first-order valence-corrected chi connectivity index (χ1v) is 7.55. The normalized spacial score (nSPS) is 22.5. The van der Waals surface area contributed by atoms with Crippen LogP contribution in [0.4, 0.5) is 0 Å². The lowest BCUT2D eigenvalue weighted by Crippen LogP contribution is -2.50. The molecule has 0 amide bonds. The Morgan fingerprint density at radius 3 is 2.95 bits per heavy atom. The van der Waals surface area contributed by atoms with Crippen LogP contribution in [-0.2, 0) is 0 Å². The van der Waals surface area contributed by atoms with E-state index in [0.717, 1.165) is 42.5 Å². The van der Waals surface area contributed by atoms with Crippen molar-refractivity contribution in [1.29, 1.82) is 0 Å². The molecule has 0 saturated carbocycles. The van der Waals surface area contributed by atoms with Crippen molar-refractivity contribution in [3.63, 3.8) is 0 Å². The van der Waals surface area contributed by atoms with Crippen molar-refractivity contribution in [2.24, 2.45) is 0 Å². The lowest BCUT2D eigenvalue weighted by atomic mass is 9.96. The highest BCUT2D eigenvalue weighted by atomic mass is 16.3. The molecule has 2 atom stereocenters. The molecular weight excluding hydrogens is 262 g/mol. The number of hydrogen-bond donors (Lipinski definition) is 1. The number of benzene rings is 1. The molecule has 1 N–H and O–H groups in total. The molecule has 112 valence electrons. The first kappa shape index (κ1) is 14.4. The van der Waals surface area contributed by atoms with Crippen molar-refractivity contribution in [2.75, 3.05) is 33.7 Å².